The number of alkyl halides is 3. The number of hydrogen-bond acceptors (Lipinski definition) is 6. The van der Waals surface area contributed by atoms with Gasteiger partial charge in [-0.1, -0.05) is 18.2 Å². The molecule has 3 rings (SSSR count). The molecule has 0 aliphatic heterocycles. The molecule has 11 heteroatoms. The van der Waals surface area contributed by atoms with Gasteiger partial charge in [0.2, 0.25) is 0 Å². The number of aromatic nitrogens is 1. The Morgan fingerprint density at radius 1 is 1.00 bits per heavy atom. The highest BCUT2D eigenvalue weighted by Crippen LogP contribution is 2.33. The zero-order valence-corrected chi connectivity index (χ0v) is 16.8. The molecule has 7 nitrogen and oxygen atoms in total. The third kappa shape index (κ3) is 5.85. The summed E-state index contributed by atoms with van der Waals surface area (Å²) in [5.74, 6) is -1.38. The number of carbonyl (C=O) groups is 1. The molecule has 2 heterocycles. The Hall–Kier alpha value is -3.34. The van der Waals surface area contributed by atoms with Crippen molar-refractivity contribution in [3.8, 4) is 0 Å². The molecule has 0 saturated carbocycles. The summed E-state index contributed by atoms with van der Waals surface area (Å²) in [5, 5.41) is 5.01. The normalized spacial score (nSPS) is 11.8. The second-order valence-electron chi connectivity index (χ2n) is 6.42. The van der Waals surface area contributed by atoms with Crippen LogP contribution in [-0.2, 0) is 21.8 Å². The van der Waals surface area contributed by atoms with E-state index in [0.29, 0.717) is 0 Å². The van der Waals surface area contributed by atoms with Crippen molar-refractivity contribution in [3.63, 3.8) is 0 Å². The van der Waals surface area contributed by atoms with E-state index in [1.165, 1.54) is 36.5 Å². The molecule has 164 valence electrons. The van der Waals surface area contributed by atoms with Crippen LogP contribution in [0.4, 0.5) is 19.0 Å². The molecule has 0 aliphatic carbocycles. The van der Waals surface area contributed by atoms with E-state index >= 15 is 0 Å². The quantitative estimate of drug-likeness (QED) is 0.506. The number of nitrogens with zero attached hydrogens (tertiary/aromatic N) is 1. The average Bonchev–Trinajstić information content (AvgIpc) is 3.19. The lowest BCUT2D eigenvalue weighted by Gasteiger charge is -2.13. The van der Waals surface area contributed by atoms with Gasteiger partial charge in [-0.15, -0.1) is 0 Å². The number of furan rings is 1. The van der Waals surface area contributed by atoms with Crippen molar-refractivity contribution < 1.29 is 30.8 Å². The Bertz CT molecular complexity index is 1150. The lowest BCUT2D eigenvalue weighted by molar-refractivity contribution is -0.137. The largest absolute Gasteiger partial charge is 0.455 e. The molecule has 0 atom stereocenters. The van der Waals surface area contributed by atoms with E-state index in [1.54, 1.807) is 18.2 Å². The summed E-state index contributed by atoms with van der Waals surface area (Å²) in [6, 6.07) is 12.6. The number of sulfone groups is 1. The van der Waals surface area contributed by atoms with Gasteiger partial charge in [-0.3, -0.25) is 4.79 Å². The Labute approximate surface area is 176 Å². The van der Waals surface area contributed by atoms with Crippen molar-refractivity contribution in [2.45, 2.75) is 16.8 Å². The number of anilines is 1. The minimum absolute atomic E-state index is 0.00888. The topological polar surface area (TPSA) is 101 Å². The monoisotopic (exact) mass is 453 g/mol. The van der Waals surface area contributed by atoms with E-state index in [1.807, 2.05) is 0 Å². The molecule has 1 aromatic carbocycles. The van der Waals surface area contributed by atoms with Gasteiger partial charge in [0.1, 0.15) is 17.3 Å². The highest BCUT2D eigenvalue weighted by Gasteiger charge is 2.33. The fraction of sp³-hybridized carbons (Fsp3) is 0.200. The molecule has 0 saturated heterocycles. The van der Waals surface area contributed by atoms with Crippen LogP contribution in [0.5, 0.6) is 0 Å². The van der Waals surface area contributed by atoms with Crippen LogP contribution in [0.3, 0.4) is 0 Å². The molecule has 0 unspecified atom stereocenters. The molecule has 3 aromatic rings. The van der Waals surface area contributed by atoms with E-state index in [2.05, 4.69) is 15.6 Å². The lowest BCUT2D eigenvalue weighted by atomic mass is 10.2. The number of carbonyl (C=O) groups excluding carboxylic acids is 1. The van der Waals surface area contributed by atoms with Gasteiger partial charge in [0.15, 0.2) is 15.6 Å². The number of nitrogens with one attached hydrogen (secondary N) is 2. The number of pyridine rings is 1. The van der Waals surface area contributed by atoms with Crippen LogP contribution in [-0.4, -0.2) is 32.4 Å². The minimum Gasteiger partial charge on any atom is -0.455 e. The van der Waals surface area contributed by atoms with Gasteiger partial charge in [0, 0.05) is 19.3 Å². The fourth-order valence-corrected chi connectivity index (χ4v) is 3.96. The van der Waals surface area contributed by atoms with Gasteiger partial charge in [-0.25, -0.2) is 13.4 Å². The number of rotatable bonds is 8. The molecule has 0 aliphatic rings. The van der Waals surface area contributed by atoms with Crippen molar-refractivity contribution in [2.24, 2.45) is 0 Å². The van der Waals surface area contributed by atoms with Gasteiger partial charge in [0.05, 0.1) is 10.5 Å². The molecule has 31 heavy (non-hydrogen) atoms. The number of hydrogen-bond donors (Lipinski definition) is 2. The Kier molecular flexibility index (Phi) is 6.64. The maximum atomic E-state index is 12.9. The molecule has 0 fully saturated rings. The molecular weight excluding hydrogens is 435 g/mol. The SMILES string of the molecule is O=C(NCCNc1ncccc1C(F)(F)F)c1ccc(CS(=O)(=O)c2ccccc2)o1. The highest BCUT2D eigenvalue weighted by atomic mass is 32.2. The smallest absolute Gasteiger partial charge is 0.419 e. The summed E-state index contributed by atoms with van der Waals surface area (Å²) in [5.41, 5.74) is -0.906. The Morgan fingerprint density at radius 3 is 2.45 bits per heavy atom. The molecule has 2 aromatic heterocycles. The Balaban J connectivity index is 1.53. The van der Waals surface area contributed by atoms with Crippen LogP contribution in [0.25, 0.3) is 0 Å². The summed E-state index contributed by atoms with van der Waals surface area (Å²) in [4.78, 5) is 16.0. The second-order valence-corrected chi connectivity index (χ2v) is 8.41. The van der Waals surface area contributed by atoms with Crippen molar-refractivity contribution in [1.82, 2.24) is 10.3 Å². The fourth-order valence-electron chi connectivity index (χ4n) is 2.69. The summed E-state index contributed by atoms with van der Waals surface area (Å²) < 4.78 is 68.8. The third-order valence-corrected chi connectivity index (χ3v) is 5.79. The second kappa shape index (κ2) is 9.21. The number of amides is 1. The van der Waals surface area contributed by atoms with Gasteiger partial charge in [-0.05, 0) is 36.4 Å². The first-order chi connectivity index (χ1) is 14.7. The van der Waals surface area contributed by atoms with E-state index in [-0.39, 0.29) is 35.3 Å². The standard InChI is InChI=1S/C20H18F3N3O4S/c21-20(22,23)16-7-4-10-24-18(16)25-11-12-26-19(27)17-9-8-14(30-17)13-31(28,29)15-5-2-1-3-6-15/h1-10H,11-13H2,(H,24,25)(H,26,27). The summed E-state index contributed by atoms with van der Waals surface area (Å²) in [6.45, 7) is -0.0210. The van der Waals surface area contributed by atoms with Crippen molar-refractivity contribution in [1.29, 1.82) is 0 Å². The molecular formula is C20H18F3N3O4S. The van der Waals surface area contributed by atoms with Gasteiger partial charge in [-0.2, -0.15) is 13.2 Å². The third-order valence-electron chi connectivity index (χ3n) is 4.14. The molecule has 2 N–H and O–H groups in total. The van der Waals surface area contributed by atoms with Gasteiger partial charge in [0.25, 0.3) is 5.91 Å². The van der Waals surface area contributed by atoms with Crippen molar-refractivity contribution >= 4 is 21.6 Å². The van der Waals surface area contributed by atoms with Crippen molar-refractivity contribution in [2.75, 3.05) is 18.4 Å². The van der Waals surface area contributed by atoms with Crippen LogP contribution in [0.1, 0.15) is 21.9 Å². The van der Waals surface area contributed by atoms with E-state index < -0.39 is 33.2 Å². The Morgan fingerprint density at radius 2 is 1.74 bits per heavy atom. The van der Waals surface area contributed by atoms with Crippen molar-refractivity contribution in [3.05, 3.63) is 77.9 Å². The molecule has 0 bridgehead atoms. The zero-order valence-electron chi connectivity index (χ0n) is 16.0. The predicted octanol–water partition coefficient (Wildman–Crippen LogP) is 3.51. The van der Waals surface area contributed by atoms with Crippen LogP contribution < -0.4 is 10.6 Å². The molecule has 1 amide bonds. The van der Waals surface area contributed by atoms with E-state index in [0.717, 1.165) is 6.07 Å². The molecule has 0 radical (unpaired) electrons. The summed E-state index contributed by atoms with van der Waals surface area (Å²) in [7, 11) is -3.63. The number of halogens is 3. The maximum absolute atomic E-state index is 12.9. The first-order valence-electron chi connectivity index (χ1n) is 9.07. The number of benzene rings is 1. The van der Waals surface area contributed by atoms with Gasteiger partial charge < -0.3 is 15.1 Å². The average molecular weight is 453 g/mol. The van der Waals surface area contributed by atoms with Gasteiger partial charge >= 0.3 is 6.18 Å². The van der Waals surface area contributed by atoms with E-state index in [9.17, 15) is 26.4 Å². The summed E-state index contributed by atoms with van der Waals surface area (Å²) in [6.07, 6.45) is -3.32. The zero-order chi connectivity index (χ0) is 22.5. The lowest BCUT2D eigenvalue weighted by Crippen LogP contribution is -2.29. The maximum Gasteiger partial charge on any atom is 0.419 e. The first-order valence-corrected chi connectivity index (χ1v) is 10.7. The highest BCUT2D eigenvalue weighted by molar-refractivity contribution is 7.90. The minimum atomic E-state index is -4.55. The van der Waals surface area contributed by atoms with Crippen LogP contribution in [0, 0.1) is 0 Å². The summed E-state index contributed by atoms with van der Waals surface area (Å²) >= 11 is 0. The van der Waals surface area contributed by atoms with E-state index in [4.69, 9.17) is 4.42 Å². The van der Waals surface area contributed by atoms with Crippen LogP contribution >= 0.6 is 0 Å². The molecule has 0 spiro atoms. The predicted molar refractivity (Wildman–Crippen MR) is 106 cm³/mol. The van der Waals surface area contributed by atoms with Crippen LogP contribution in [0.2, 0.25) is 0 Å². The van der Waals surface area contributed by atoms with Crippen LogP contribution in [0.15, 0.2) is 70.1 Å². The first kappa shape index (κ1) is 22.3.